The molecule has 0 spiro atoms. The van der Waals surface area contributed by atoms with E-state index in [1.54, 1.807) is 12.1 Å². The molecular formula is C16H18N2O3. The summed E-state index contributed by atoms with van der Waals surface area (Å²) in [5.74, 6) is -0.126. The molecule has 0 radical (unpaired) electrons. The quantitative estimate of drug-likeness (QED) is 0.784. The number of pyridine rings is 1. The van der Waals surface area contributed by atoms with Crippen molar-refractivity contribution in [3.63, 3.8) is 0 Å². The molecule has 5 nitrogen and oxygen atoms in total. The first-order valence-corrected chi connectivity index (χ1v) is 6.82. The van der Waals surface area contributed by atoms with Crippen LogP contribution in [-0.2, 0) is 6.42 Å². The monoisotopic (exact) mass is 286 g/mol. The number of hydrogen-bond acceptors (Lipinski definition) is 3. The molecule has 1 aromatic carbocycles. The zero-order valence-electron chi connectivity index (χ0n) is 11.8. The second-order valence-corrected chi connectivity index (χ2v) is 5.00. The molecule has 2 rings (SSSR count). The van der Waals surface area contributed by atoms with E-state index in [0.717, 1.165) is 18.4 Å². The van der Waals surface area contributed by atoms with Crippen LogP contribution in [0.4, 0.5) is 0 Å². The first kappa shape index (κ1) is 14.8. The number of rotatable bonds is 5. The van der Waals surface area contributed by atoms with E-state index in [9.17, 15) is 14.7 Å². The number of aryl methyl sites for hydroxylation is 1. The van der Waals surface area contributed by atoms with Crippen molar-refractivity contribution in [3.05, 3.63) is 64.1 Å². The summed E-state index contributed by atoms with van der Waals surface area (Å²) in [5, 5.41) is 12.0. The minimum atomic E-state index is -0.366. The molecule has 0 aliphatic rings. The number of phenolic OH excluding ortho intramolecular Hbond substituents is 1. The van der Waals surface area contributed by atoms with Gasteiger partial charge >= 0.3 is 0 Å². The van der Waals surface area contributed by atoms with Crippen molar-refractivity contribution >= 4 is 5.91 Å². The summed E-state index contributed by atoms with van der Waals surface area (Å²) in [6.07, 6.45) is 4.44. The molecule has 1 unspecified atom stereocenters. The van der Waals surface area contributed by atoms with E-state index >= 15 is 0 Å². The van der Waals surface area contributed by atoms with Crippen molar-refractivity contribution in [3.8, 4) is 5.75 Å². The van der Waals surface area contributed by atoms with E-state index in [4.69, 9.17) is 0 Å². The van der Waals surface area contributed by atoms with E-state index < -0.39 is 0 Å². The third-order valence-corrected chi connectivity index (χ3v) is 3.25. The Labute approximate surface area is 122 Å². The van der Waals surface area contributed by atoms with Gasteiger partial charge in [-0.05, 0) is 37.5 Å². The van der Waals surface area contributed by atoms with Crippen molar-refractivity contribution in [1.82, 2.24) is 10.3 Å². The van der Waals surface area contributed by atoms with Crippen LogP contribution < -0.4 is 10.7 Å². The highest BCUT2D eigenvalue weighted by Gasteiger charge is 2.12. The molecule has 1 amide bonds. The Morgan fingerprint density at radius 1 is 1.29 bits per heavy atom. The highest BCUT2D eigenvalue weighted by Crippen LogP contribution is 2.12. The molecule has 21 heavy (non-hydrogen) atoms. The first-order chi connectivity index (χ1) is 10.1. The normalized spacial score (nSPS) is 11.9. The third kappa shape index (κ3) is 4.21. The van der Waals surface area contributed by atoms with Gasteiger partial charge < -0.3 is 15.4 Å². The molecule has 0 aliphatic carbocycles. The van der Waals surface area contributed by atoms with Gasteiger partial charge in [0.2, 0.25) is 0 Å². The highest BCUT2D eigenvalue weighted by molar-refractivity contribution is 5.93. The molecule has 1 aromatic heterocycles. The summed E-state index contributed by atoms with van der Waals surface area (Å²) < 4.78 is 0. The SMILES string of the molecule is CC(CCc1ccc(O)cc1)NC(=O)c1c[nH]ccc1=O. The first-order valence-electron chi connectivity index (χ1n) is 6.82. The molecule has 0 bridgehead atoms. The van der Waals surface area contributed by atoms with Gasteiger partial charge in [0.1, 0.15) is 11.3 Å². The summed E-state index contributed by atoms with van der Waals surface area (Å²) in [6, 6.07) is 8.27. The number of carbonyl (C=O) groups excluding carboxylic acids is 1. The van der Waals surface area contributed by atoms with E-state index in [0.29, 0.717) is 0 Å². The number of aromatic amines is 1. The molecule has 1 heterocycles. The van der Waals surface area contributed by atoms with Gasteiger partial charge in [0, 0.05) is 24.5 Å². The van der Waals surface area contributed by atoms with Crippen molar-refractivity contribution in [2.24, 2.45) is 0 Å². The maximum absolute atomic E-state index is 12.0. The highest BCUT2D eigenvalue weighted by atomic mass is 16.3. The predicted molar refractivity (Wildman–Crippen MR) is 80.4 cm³/mol. The van der Waals surface area contributed by atoms with Gasteiger partial charge in [0.15, 0.2) is 5.43 Å². The topological polar surface area (TPSA) is 82.2 Å². The number of aromatic nitrogens is 1. The molecule has 5 heteroatoms. The minimum Gasteiger partial charge on any atom is -0.508 e. The van der Waals surface area contributed by atoms with E-state index in [-0.39, 0.29) is 28.7 Å². The van der Waals surface area contributed by atoms with Gasteiger partial charge in [-0.15, -0.1) is 0 Å². The fraction of sp³-hybridized carbons (Fsp3) is 0.250. The van der Waals surface area contributed by atoms with Crippen LogP contribution in [-0.4, -0.2) is 22.0 Å². The number of phenols is 1. The summed E-state index contributed by atoms with van der Waals surface area (Å²) in [5.41, 5.74) is 0.914. The van der Waals surface area contributed by atoms with Crippen LogP contribution in [0.3, 0.4) is 0 Å². The van der Waals surface area contributed by atoms with Crippen molar-refractivity contribution in [1.29, 1.82) is 0 Å². The molecule has 0 saturated carbocycles. The Morgan fingerprint density at radius 2 is 2.00 bits per heavy atom. The van der Waals surface area contributed by atoms with Crippen molar-refractivity contribution in [2.45, 2.75) is 25.8 Å². The molecule has 1 atom stereocenters. The Bertz CT molecular complexity index is 662. The number of carbonyl (C=O) groups is 1. The second-order valence-electron chi connectivity index (χ2n) is 5.00. The van der Waals surface area contributed by atoms with E-state index in [1.165, 1.54) is 18.5 Å². The number of H-pyrrole nitrogens is 1. The molecule has 0 fully saturated rings. The number of nitrogens with one attached hydrogen (secondary N) is 2. The fourth-order valence-electron chi connectivity index (χ4n) is 2.01. The lowest BCUT2D eigenvalue weighted by Gasteiger charge is -2.13. The van der Waals surface area contributed by atoms with Gasteiger partial charge in [-0.1, -0.05) is 12.1 Å². The lowest BCUT2D eigenvalue weighted by atomic mass is 10.1. The summed E-state index contributed by atoms with van der Waals surface area (Å²) in [6.45, 7) is 1.90. The van der Waals surface area contributed by atoms with Crippen LogP contribution in [0.25, 0.3) is 0 Å². The Morgan fingerprint density at radius 3 is 2.67 bits per heavy atom. The lowest BCUT2D eigenvalue weighted by Crippen LogP contribution is -2.35. The summed E-state index contributed by atoms with van der Waals surface area (Å²) in [7, 11) is 0. The number of aromatic hydroxyl groups is 1. The van der Waals surface area contributed by atoms with Crippen LogP contribution in [0.5, 0.6) is 5.75 Å². The predicted octanol–water partition coefficient (Wildman–Crippen LogP) is 1.83. The van der Waals surface area contributed by atoms with Crippen molar-refractivity contribution < 1.29 is 9.90 Å². The number of hydrogen-bond donors (Lipinski definition) is 3. The van der Waals surface area contributed by atoms with Gasteiger partial charge in [0.05, 0.1) is 0 Å². The van der Waals surface area contributed by atoms with Gasteiger partial charge in [-0.25, -0.2) is 0 Å². The van der Waals surface area contributed by atoms with Crippen LogP contribution in [0, 0.1) is 0 Å². The number of benzene rings is 1. The average Bonchev–Trinajstić information content (AvgIpc) is 2.47. The molecule has 3 N–H and O–H groups in total. The minimum absolute atomic E-state index is 0.0501. The smallest absolute Gasteiger partial charge is 0.256 e. The maximum atomic E-state index is 12.0. The zero-order chi connectivity index (χ0) is 15.2. The third-order valence-electron chi connectivity index (χ3n) is 3.25. The standard InChI is InChI=1S/C16H18N2O3/c1-11(2-3-12-4-6-13(19)7-5-12)18-16(21)14-10-17-9-8-15(14)20/h4-11,19H,2-3H2,1H3,(H,17,20)(H,18,21). The van der Waals surface area contributed by atoms with Gasteiger partial charge in [-0.3, -0.25) is 9.59 Å². The maximum Gasteiger partial charge on any atom is 0.256 e. The van der Waals surface area contributed by atoms with Crippen LogP contribution in [0.15, 0.2) is 47.5 Å². The Balaban J connectivity index is 1.88. The number of amides is 1. The zero-order valence-corrected chi connectivity index (χ0v) is 11.8. The summed E-state index contributed by atoms with van der Waals surface area (Å²) in [4.78, 5) is 26.3. The second kappa shape index (κ2) is 6.74. The van der Waals surface area contributed by atoms with E-state index in [2.05, 4.69) is 10.3 Å². The Kier molecular flexibility index (Phi) is 4.77. The van der Waals surface area contributed by atoms with Crippen LogP contribution >= 0.6 is 0 Å². The van der Waals surface area contributed by atoms with Crippen LogP contribution in [0.1, 0.15) is 29.3 Å². The Hall–Kier alpha value is -2.56. The van der Waals surface area contributed by atoms with Crippen LogP contribution in [0.2, 0.25) is 0 Å². The van der Waals surface area contributed by atoms with E-state index in [1.807, 2.05) is 19.1 Å². The van der Waals surface area contributed by atoms with Gasteiger partial charge in [0.25, 0.3) is 5.91 Å². The van der Waals surface area contributed by atoms with Crippen molar-refractivity contribution in [2.75, 3.05) is 0 Å². The molecule has 0 aliphatic heterocycles. The fourth-order valence-corrected chi connectivity index (χ4v) is 2.01. The average molecular weight is 286 g/mol. The largest absolute Gasteiger partial charge is 0.508 e. The molecule has 0 saturated heterocycles. The summed E-state index contributed by atoms with van der Waals surface area (Å²) >= 11 is 0. The molecular weight excluding hydrogens is 268 g/mol. The van der Waals surface area contributed by atoms with Gasteiger partial charge in [-0.2, -0.15) is 0 Å². The molecule has 110 valence electrons. The molecule has 2 aromatic rings. The lowest BCUT2D eigenvalue weighted by molar-refractivity contribution is 0.0937.